The fourth-order valence-corrected chi connectivity index (χ4v) is 3.73. The molecule has 2 fully saturated rings. The Balaban J connectivity index is 1.38. The van der Waals surface area contributed by atoms with E-state index >= 15 is 0 Å². The van der Waals surface area contributed by atoms with Gasteiger partial charge in [-0.2, -0.15) is 0 Å². The fraction of sp³-hybridized carbons (Fsp3) is 0.700. The highest BCUT2D eigenvalue weighted by atomic mass is 16.5. The van der Waals surface area contributed by atoms with E-state index < -0.39 is 0 Å². The van der Waals surface area contributed by atoms with Gasteiger partial charge in [0.1, 0.15) is 5.76 Å². The molecule has 0 spiro atoms. The standard InChI is InChI=1S/C20H32N4O4/c1-15-18(4-11-27-15)19(25)21-13-17-12-16(14-28-17)20(26)24-9-7-23(8-10-24)6-5-22(2)3/h4,11,16-17H,5-10,12-14H2,1-3H3,(H,21,25)/t16-,17-/m0/s1. The summed E-state index contributed by atoms with van der Waals surface area (Å²) in [5, 5.41) is 2.88. The summed E-state index contributed by atoms with van der Waals surface area (Å²) in [5.74, 6) is 0.513. The molecule has 1 N–H and O–H groups in total. The van der Waals surface area contributed by atoms with Crippen molar-refractivity contribution in [2.75, 3.05) is 66.5 Å². The lowest BCUT2D eigenvalue weighted by Crippen LogP contribution is -2.51. The lowest BCUT2D eigenvalue weighted by Gasteiger charge is -2.36. The van der Waals surface area contributed by atoms with Crippen molar-refractivity contribution in [2.24, 2.45) is 5.92 Å². The Bertz CT molecular complexity index is 667. The van der Waals surface area contributed by atoms with Crippen molar-refractivity contribution < 1.29 is 18.7 Å². The lowest BCUT2D eigenvalue weighted by molar-refractivity contribution is -0.137. The number of ether oxygens (including phenoxy) is 1. The lowest BCUT2D eigenvalue weighted by atomic mass is 10.0. The molecule has 0 aliphatic carbocycles. The summed E-state index contributed by atoms with van der Waals surface area (Å²) in [7, 11) is 4.16. The quantitative estimate of drug-likeness (QED) is 0.725. The average Bonchev–Trinajstić information content (AvgIpc) is 3.33. The van der Waals surface area contributed by atoms with Crippen molar-refractivity contribution in [1.29, 1.82) is 0 Å². The molecule has 1 aromatic heterocycles. The van der Waals surface area contributed by atoms with E-state index in [-0.39, 0.29) is 23.8 Å². The number of furan rings is 1. The van der Waals surface area contributed by atoms with E-state index in [0.717, 1.165) is 39.3 Å². The third-order valence-corrected chi connectivity index (χ3v) is 5.57. The van der Waals surface area contributed by atoms with Crippen molar-refractivity contribution in [3.8, 4) is 0 Å². The molecule has 0 aromatic carbocycles. The number of nitrogens with one attached hydrogen (secondary N) is 1. The highest BCUT2D eigenvalue weighted by molar-refractivity contribution is 5.95. The predicted molar refractivity (Wildman–Crippen MR) is 105 cm³/mol. The van der Waals surface area contributed by atoms with Crippen molar-refractivity contribution in [2.45, 2.75) is 19.4 Å². The van der Waals surface area contributed by atoms with Crippen LogP contribution in [-0.4, -0.2) is 99.1 Å². The Hall–Kier alpha value is -1.90. The van der Waals surface area contributed by atoms with Crippen LogP contribution in [0, 0.1) is 12.8 Å². The SMILES string of the molecule is Cc1occc1C(=O)NC[C@@H]1C[C@H](C(=O)N2CCN(CCN(C)C)CC2)CO1. The second-order valence-electron chi connectivity index (χ2n) is 7.96. The molecule has 2 saturated heterocycles. The molecule has 3 heterocycles. The highest BCUT2D eigenvalue weighted by Gasteiger charge is 2.34. The number of rotatable bonds is 7. The first-order valence-corrected chi connectivity index (χ1v) is 10.0. The van der Waals surface area contributed by atoms with Crippen molar-refractivity contribution in [3.63, 3.8) is 0 Å². The zero-order valence-electron chi connectivity index (χ0n) is 17.1. The third kappa shape index (κ3) is 5.33. The molecule has 1 aromatic rings. The van der Waals surface area contributed by atoms with E-state index in [9.17, 15) is 9.59 Å². The van der Waals surface area contributed by atoms with E-state index in [2.05, 4.69) is 29.2 Å². The van der Waals surface area contributed by atoms with E-state index in [1.807, 2.05) is 4.90 Å². The summed E-state index contributed by atoms with van der Waals surface area (Å²) >= 11 is 0. The second-order valence-corrected chi connectivity index (χ2v) is 7.96. The Morgan fingerprint density at radius 1 is 1.25 bits per heavy atom. The van der Waals surface area contributed by atoms with Crippen LogP contribution in [0.25, 0.3) is 0 Å². The van der Waals surface area contributed by atoms with Crippen molar-refractivity contribution in [1.82, 2.24) is 20.0 Å². The van der Waals surface area contributed by atoms with Gasteiger partial charge in [0.2, 0.25) is 5.91 Å². The van der Waals surface area contributed by atoms with Gasteiger partial charge < -0.3 is 24.3 Å². The number of carbonyl (C=O) groups excluding carboxylic acids is 2. The van der Waals surface area contributed by atoms with Crippen LogP contribution in [0.1, 0.15) is 22.5 Å². The van der Waals surface area contributed by atoms with Gasteiger partial charge in [-0.3, -0.25) is 14.5 Å². The van der Waals surface area contributed by atoms with Crippen LogP contribution in [0.15, 0.2) is 16.7 Å². The Morgan fingerprint density at radius 2 is 2.00 bits per heavy atom. The molecule has 0 radical (unpaired) electrons. The summed E-state index contributed by atoms with van der Waals surface area (Å²) in [6, 6.07) is 1.66. The fourth-order valence-electron chi connectivity index (χ4n) is 3.73. The first-order chi connectivity index (χ1) is 13.4. The number of likely N-dealkylation sites (N-methyl/N-ethyl adjacent to an activating group) is 1. The van der Waals surface area contributed by atoms with Crippen LogP contribution in [0.4, 0.5) is 0 Å². The summed E-state index contributed by atoms with van der Waals surface area (Å²) in [4.78, 5) is 31.5. The van der Waals surface area contributed by atoms with Crippen LogP contribution in [0.2, 0.25) is 0 Å². The zero-order valence-corrected chi connectivity index (χ0v) is 17.1. The van der Waals surface area contributed by atoms with Gasteiger partial charge in [0.25, 0.3) is 5.91 Å². The maximum absolute atomic E-state index is 12.8. The van der Waals surface area contributed by atoms with Crippen molar-refractivity contribution >= 4 is 11.8 Å². The van der Waals surface area contributed by atoms with Gasteiger partial charge in [-0.25, -0.2) is 0 Å². The second kappa shape index (κ2) is 9.54. The minimum atomic E-state index is -0.168. The minimum Gasteiger partial charge on any atom is -0.469 e. The number of carbonyl (C=O) groups is 2. The molecule has 3 rings (SSSR count). The average molecular weight is 393 g/mol. The zero-order chi connectivity index (χ0) is 20.1. The Kier molecular flexibility index (Phi) is 7.09. The molecule has 2 amide bonds. The van der Waals surface area contributed by atoms with Crippen LogP contribution in [0.5, 0.6) is 0 Å². The largest absolute Gasteiger partial charge is 0.469 e. The molecule has 2 aliphatic rings. The number of aryl methyl sites for hydroxylation is 1. The monoisotopic (exact) mass is 392 g/mol. The Morgan fingerprint density at radius 3 is 2.64 bits per heavy atom. The molecule has 8 heteroatoms. The number of hydrogen-bond donors (Lipinski definition) is 1. The maximum Gasteiger partial charge on any atom is 0.254 e. The molecule has 28 heavy (non-hydrogen) atoms. The maximum atomic E-state index is 12.8. The molecule has 2 aliphatic heterocycles. The minimum absolute atomic E-state index is 0.106. The molecular formula is C20H32N4O4. The van der Waals surface area contributed by atoms with E-state index in [1.165, 1.54) is 6.26 Å². The third-order valence-electron chi connectivity index (χ3n) is 5.57. The summed E-state index contributed by atoms with van der Waals surface area (Å²) in [5.41, 5.74) is 0.540. The number of hydrogen-bond acceptors (Lipinski definition) is 6. The van der Waals surface area contributed by atoms with Crippen LogP contribution < -0.4 is 5.32 Å². The van der Waals surface area contributed by atoms with Crippen LogP contribution in [0.3, 0.4) is 0 Å². The predicted octanol–water partition coefficient (Wildman–Crippen LogP) is 0.429. The first-order valence-electron chi connectivity index (χ1n) is 10.0. The summed E-state index contributed by atoms with van der Waals surface area (Å²) in [6.07, 6.45) is 2.04. The molecule has 8 nitrogen and oxygen atoms in total. The van der Waals surface area contributed by atoms with E-state index in [1.54, 1.807) is 13.0 Å². The normalized spacial score (nSPS) is 23.4. The van der Waals surface area contributed by atoms with Gasteiger partial charge in [0.05, 0.1) is 30.5 Å². The van der Waals surface area contributed by atoms with Gasteiger partial charge in [-0.1, -0.05) is 0 Å². The molecule has 0 bridgehead atoms. The van der Waals surface area contributed by atoms with Gasteiger partial charge in [-0.15, -0.1) is 0 Å². The molecule has 2 atom stereocenters. The smallest absolute Gasteiger partial charge is 0.254 e. The first kappa shape index (κ1) is 20.8. The number of amides is 2. The molecular weight excluding hydrogens is 360 g/mol. The molecule has 0 unspecified atom stereocenters. The van der Waals surface area contributed by atoms with Gasteiger partial charge >= 0.3 is 0 Å². The highest BCUT2D eigenvalue weighted by Crippen LogP contribution is 2.22. The van der Waals surface area contributed by atoms with Crippen LogP contribution >= 0.6 is 0 Å². The van der Waals surface area contributed by atoms with E-state index in [4.69, 9.17) is 9.15 Å². The van der Waals surface area contributed by atoms with Gasteiger partial charge in [-0.05, 0) is 33.5 Å². The summed E-state index contributed by atoms with van der Waals surface area (Å²) < 4.78 is 10.9. The molecule has 0 saturated carbocycles. The van der Waals surface area contributed by atoms with Crippen LogP contribution in [-0.2, 0) is 9.53 Å². The van der Waals surface area contributed by atoms with Gasteiger partial charge in [0.15, 0.2) is 0 Å². The van der Waals surface area contributed by atoms with E-state index in [0.29, 0.717) is 30.9 Å². The molecule has 156 valence electrons. The van der Waals surface area contributed by atoms with Gasteiger partial charge in [0, 0.05) is 45.8 Å². The topological polar surface area (TPSA) is 78.3 Å². The Labute approximate surface area is 166 Å². The number of piperazine rings is 1. The summed E-state index contributed by atoms with van der Waals surface area (Å²) in [6.45, 7) is 8.10. The van der Waals surface area contributed by atoms with Crippen molar-refractivity contribution in [3.05, 3.63) is 23.7 Å². The number of nitrogens with zero attached hydrogens (tertiary/aromatic N) is 3.